The molecule has 0 radical (unpaired) electrons. The molecule has 1 atom stereocenters. The van der Waals surface area contributed by atoms with Crippen LogP contribution >= 0.6 is 0 Å². The van der Waals surface area contributed by atoms with Gasteiger partial charge in [-0.3, -0.25) is 10.1 Å². The van der Waals surface area contributed by atoms with Crippen molar-refractivity contribution in [1.82, 2.24) is 4.90 Å². The highest BCUT2D eigenvalue weighted by Gasteiger charge is 2.47. The summed E-state index contributed by atoms with van der Waals surface area (Å²) in [7, 11) is 1.30. The second-order valence-electron chi connectivity index (χ2n) is 8.59. The van der Waals surface area contributed by atoms with Crippen molar-refractivity contribution in [1.29, 1.82) is 0 Å². The third-order valence-corrected chi connectivity index (χ3v) is 6.74. The summed E-state index contributed by atoms with van der Waals surface area (Å²) in [6, 6.07) is 17.5. The van der Waals surface area contributed by atoms with E-state index < -0.39 is 23.6 Å². The van der Waals surface area contributed by atoms with Crippen molar-refractivity contribution in [2.75, 3.05) is 32.1 Å². The minimum atomic E-state index is -1.46. The van der Waals surface area contributed by atoms with E-state index in [4.69, 9.17) is 13.9 Å². The number of rotatable bonds is 6. The first-order valence-corrected chi connectivity index (χ1v) is 11.2. The van der Waals surface area contributed by atoms with Crippen LogP contribution in [-0.4, -0.2) is 60.4 Å². The summed E-state index contributed by atoms with van der Waals surface area (Å²) in [5.74, 6) is -1.87. The second-order valence-corrected chi connectivity index (χ2v) is 8.59. The lowest BCUT2D eigenvalue weighted by atomic mass is 9.98. The van der Waals surface area contributed by atoms with Crippen molar-refractivity contribution in [3.05, 3.63) is 77.7 Å². The molecule has 2 N–H and O–H groups in total. The number of nitrogens with one attached hydrogen (secondary N) is 1. The third kappa shape index (κ3) is 3.93. The Morgan fingerprint density at radius 2 is 1.74 bits per heavy atom. The zero-order valence-corrected chi connectivity index (χ0v) is 19.0. The molecule has 5 rings (SSSR count). The van der Waals surface area contributed by atoms with Gasteiger partial charge in [0.2, 0.25) is 5.76 Å². The van der Waals surface area contributed by atoms with Crippen LogP contribution in [0.3, 0.4) is 0 Å². The highest BCUT2D eigenvalue weighted by Crippen LogP contribution is 2.44. The number of benzene rings is 2. The lowest BCUT2D eigenvalue weighted by molar-refractivity contribution is -0.160. The largest absolute Gasteiger partial charge is 0.479 e. The number of nitrogens with zero attached hydrogens (tertiary/aromatic N) is 1. The fourth-order valence-electron chi connectivity index (χ4n) is 4.85. The van der Waals surface area contributed by atoms with E-state index in [9.17, 15) is 19.5 Å². The number of ether oxygens (including phenoxy) is 2. The zero-order chi connectivity index (χ0) is 24.6. The van der Waals surface area contributed by atoms with Crippen LogP contribution in [0.15, 0.2) is 65.3 Å². The standard InChI is InChI=1S/C26H24N2O7/c1-33-26(24(30)31)11-12-28(15-26)23(29)22-21(10-13-34-22)27-25(32)35-14-20-18-8-4-2-6-16(18)17-7-3-5-9-19(17)20/h2-10,13,20H,11-12,14-15H2,1H3,(H,27,32)(H,30,31). The van der Waals surface area contributed by atoms with Gasteiger partial charge in [0.15, 0.2) is 5.60 Å². The number of carbonyl (C=O) groups excluding carboxylic acids is 2. The first kappa shape index (κ1) is 22.7. The number of carbonyl (C=O) groups is 3. The molecule has 0 spiro atoms. The summed E-state index contributed by atoms with van der Waals surface area (Å²) in [5.41, 5.74) is 3.13. The molecule has 2 aliphatic rings. The molecule has 180 valence electrons. The molecule has 1 aliphatic heterocycles. The number of amides is 2. The van der Waals surface area contributed by atoms with Crippen LogP contribution < -0.4 is 5.32 Å². The van der Waals surface area contributed by atoms with Crippen LogP contribution in [0, 0.1) is 0 Å². The third-order valence-electron chi connectivity index (χ3n) is 6.74. The van der Waals surface area contributed by atoms with Gasteiger partial charge in [0.05, 0.1) is 18.5 Å². The van der Waals surface area contributed by atoms with Gasteiger partial charge in [-0.1, -0.05) is 48.5 Å². The van der Waals surface area contributed by atoms with Gasteiger partial charge >= 0.3 is 12.1 Å². The van der Waals surface area contributed by atoms with Crippen molar-refractivity contribution in [2.24, 2.45) is 0 Å². The first-order valence-electron chi connectivity index (χ1n) is 11.2. The van der Waals surface area contributed by atoms with Crippen LogP contribution in [0.5, 0.6) is 0 Å². The van der Waals surface area contributed by atoms with Crippen LogP contribution in [0.4, 0.5) is 10.5 Å². The van der Waals surface area contributed by atoms with Crippen LogP contribution in [-0.2, 0) is 14.3 Å². The molecule has 9 nitrogen and oxygen atoms in total. The number of fused-ring (bicyclic) bond motifs is 3. The average Bonchev–Trinajstić information content (AvgIpc) is 3.59. The molecule has 0 saturated carbocycles. The Labute approximate surface area is 201 Å². The number of hydrogen-bond donors (Lipinski definition) is 2. The summed E-state index contributed by atoms with van der Waals surface area (Å²) in [4.78, 5) is 38.5. The van der Waals surface area contributed by atoms with E-state index >= 15 is 0 Å². The maximum atomic E-state index is 13.0. The number of aliphatic carboxylic acids is 1. The molecule has 2 heterocycles. The molecule has 2 amide bonds. The number of anilines is 1. The predicted molar refractivity (Wildman–Crippen MR) is 125 cm³/mol. The zero-order valence-electron chi connectivity index (χ0n) is 19.0. The number of carboxylic acids is 1. The van der Waals surface area contributed by atoms with Gasteiger partial charge in [-0.05, 0) is 22.3 Å². The highest BCUT2D eigenvalue weighted by atomic mass is 16.5. The summed E-state index contributed by atoms with van der Waals surface area (Å²) in [5, 5.41) is 12.1. The monoisotopic (exact) mass is 476 g/mol. The van der Waals surface area contributed by atoms with Crippen molar-refractivity contribution in [2.45, 2.75) is 17.9 Å². The second kappa shape index (κ2) is 8.92. The van der Waals surface area contributed by atoms with Gasteiger partial charge in [0.25, 0.3) is 5.91 Å². The predicted octanol–water partition coefficient (Wildman–Crippen LogP) is 3.96. The normalized spacial score (nSPS) is 18.7. The molecule has 1 saturated heterocycles. The van der Waals surface area contributed by atoms with Crippen molar-refractivity contribution in [3.63, 3.8) is 0 Å². The first-order chi connectivity index (χ1) is 16.9. The van der Waals surface area contributed by atoms with Crippen molar-refractivity contribution in [3.8, 4) is 11.1 Å². The van der Waals surface area contributed by atoms with Crippen molar-refractivity contribution < 1.29 is 33.4 Å². The molecule has 0 bridgehead atoms. The van der Waals surface area contributed by atoms with E-state index in [1.54, 1.807) is 0 Å². The van der Waals surface area contributed by atoms with Gasteiger partial charge in [0.1, 0.15) is 6.61 Å². The lowest BCUT2D eigenvalue weighted by Gasteiger charge is -2.22. The molecule has 35 heavy (non-hydrogen) atoms. The Kier molecular flexibility index (Phi) is 5.78. The van der Waals surface area contributed by atoms with Gasteiger partial charge in [-0.15, -0.1) is 0 Å². The quantitative estimate of drug-likeness (QED) is 0.553. The van der Waals surface area contributed by atoms with E-state index in [-0.39, 0.29) is 43.5 Å². The Morgan fingerprint density at radius 1 is 1.09 bits per heavy atom. The number of hydrogen-bond acceptors (Lipinski definition) is 6. The number of methoxy groups -OCH3 is 1. The van der Waals surface area contributed by atoms with E-state index in [1.165, 1.54) is 24.3 Å². The van der Waals surface area contributed by atoms with Gasteiger partial charge in [-0.25, -0.2) is 9.59 Å². The van der Waals surface area contributed by atoms with Crippen LogP contribution in [0.1, 0.15) is 34.0 Å². The van der Waals surface area contributed by atoms with E-state index in [0.29, 0.717) is 0 Å². The smallest absolute Gasteiger partial charge is 0.411 e. The maximum absolute atomic E-state index is 13.0. The fourth-order valence-corrected chi connectivity index (χ4v) is 4.85. The molecular formula is C26H24N2O7. The highest BCUT2D eigenvalue weighted by molar-refractivity contribution is 6.01. The Balaban J connectivity index is 1.25. The Morgan fingerprint density at radius 3 is 2.34 bits per heavy atom. The summed E-state index contributed by atoms with van der Waals surface area (Å²) < 4.78 is 16.0. The minimum Gasteiger partial charge on any atom is -0.479 e. The molecule has 9 heteroatoms. The number of likely N-dealkylation sites (tertiary alicyclic amines) is 1. The molecular weight excluding hydrogens is 452 g/mol. The molecule has 3 aromatic rings. The minimum absolute atomic E-state index is 0.0959. The SMILES string of the molecule is COC1(C(=O)O)CCN(C(=O)c2occc2NC(=O)OCC2c3ccccc3-c3ccccc32)C1. The van der Waals surface area contributed by atoms with Gasteiger partial charge < -0.3 is 23.9 Å². The topological polar surface area (TPSA) is 118 Å². The molecule has 1 fully saturated rings. The van der Waals surface area contributed by atoms with Gasteiger partial charge in [0, 0.05) is 32.1 Å². The lowest BCUT2D eigenvalue weighted by Crippen LogP contribution is -2.44. The summed E-state index contributed by atoms with van der Waals surface area (Å²) in [6.45, 7) is 0.189. The van der Waals surface area contributed by atoms with Crippen LogP contribution in [0.2, 0.25) is 0 Å². The Hall–Kier alpha value is -4.11. The van der Waals surface area contributed by atoms with Gasteiger partial charge in [-0.2, -0.15) is 0 Å². The number of furan rings is 1. The molecule has 1 aromatic heterocycles. The van der Waals surface area contributed by atoms with E-state index in [2.05, 4.69) is 17.4 Å². The van der Waals surface area contributed by atoms with Crippen LogP contribution in [0.25, 0.3) is 11.1 Å². The summed E-state index contributed by atoms with van der Waals surface area (Å²) >= 11 is 0. The molecule has 1 unspecified atom stereocenters. The molecule has 2 aromatic carbocycles. The average molecular weight is 476 g/mol. The van der Waals surface area contributed by atoms with Crippen molar-refractivity contribution >= 4 is 23.7 Å². The fraction of sp³-hybridized carbons (Fsp3) is 0.269. The van der Waals surface area contributed by atoms with E-state index in [1.807, 2.05) is 36.4 Å². The molecule has 1 aliphatic carbocycles. The van der Waals surface area contributed by atoms with E-state index in [0.717, 1.165) is 22.3 Å². The summed E-state index contributed by atoms with van der Waals surface area (Å²) in [6.07, 6.45) is 0.712. The Bertz CT molecular complexity index is 1250. The maximum Gasteiger partial charge on any atom is 0.411 e. The number of carboxylic acid groups (broad SMARTS) is 1.